The van der Waals surface area contributed by atoms with Crippen molar-refractivity contribution in [2.75, 3.05) is 6.61 Å². The van der Waals surface area contributed by atoms with Crippen LogP contribution < -0.4 is 0 Å². The maximum absolute atomic E-state index is 13.2. The van der Waals surface area contributed by atoms with Crippen LogP contribution in [0.5, 0.6) is 0 Å². The highest BCUT2D eigenvalue weighted by Gasteiger charge is 2.53. The Morgan fingerprint density at radius 3 is 2.56 bits per heavy atom. The van der Waals surface area contributed by atoms with Crippen molar-refractivity contribution >= 4 is 11.9 Å². The lowest BCUT2D eigenvalue weighted by atomic mass is 9.59. The van der Waals surface area contributed by atoms with E-state index < -0.39 is 41.8 Å². The number of carboxylic acids is 1. The zero-order chi connectivity index (χ0) is 29.1. The number of esters is 1. The van der Waals surface area contributed by atoms with Crippen LogP contribution in [0.4, 0.5) is 0 Å². The molecule has 0 spiro atoms. The van der Waals surface area contributed by atoms with Gasteiger partial charge in [-0.1, -0.05) is 38.2 Å². The van der Waals surface area contributed by atoms with Crippen LogP contribution >= 0.6 is 0 Å². The molecule has 0 radical (unpaired) electrons. The Morgan fingerprint density at radius 2 is 1.92 bits per heavy atom. The van der Waals surface area contributed by atoms with Gasteiger partial charge in [0.15, 0.2) is 0 Å². The summed E-state index contributed by atoms with van der Waals surface area (Å²) in [5.41, 5.74) is 1.44. The molecule has 0 aromatic rings. The Kier molecular flexibility index (Phi) is 10.2. The molecule has 5 N–H and O–H groups in total. The van der Waals surface area contributed by atoms with E-state index in [-0.39, 0.29) is 36.7 Å². The van der Waals surface area contributed by atoms with E-state index in [9.17, 15) is 30.0 Å². The molecule has 8 atom stereocenters. The third-order valence-electron chi connectivity index (χ3n) is 9.73. The number of aliphatic hydroxyl groups excluding tert-OH is 3. The minimum absolute atomic E-state index is 0.0371. The summed E-state index contributed by atoms with van der Waals surface area (Å²) in [6.45, 7) is 11.1. The van der Waals surface area contributed by atoms with Crippen LogP contribution in [0.2, 0.25) is 0 Å². The third-order valence-corrected chi connectivity index (χ3v) is 9.73. The first-order valence-corrected chi connectivity index (χ1v) is 14.4. The number of carbonyl (C=O) groups is 2. The molecule has 3 fully saturated rings. The van der Waals surface area contributed by atoms with Crippen LogP contribution in [0.15, 0.2) is 35.5 Å². The molecule has 3 aliphatic rings. The number of aliphatic hydroxyl groups is 4. The number of carboxylic acid groups (broad SMARTS) is 1. The quantitative estimate of drug-likeness (QED) is 0.258. The van der Waals surface area contributed by atoms with Crippen LogP contribution in [0.25, 0.3) is 0 Å². The van der Waals surface area contributed by atoms with E-state index in [0.29, 0.717) is 24.3 Å². The van der Waals surface area contributed by atoms with Gasteiger partial charge >= 0.3 is 11.9 Å². The maximum atomic E-state index is 13.2. The highest BCUT2D eigenvalue weighted by Crippen LogP contribution is 2.60. The first-order chi connectivity index (χ1) is 18.1. The van der Waals surface area contributed by atoms with Gasteiger partial charge in [0, 0.05) is 6.42 Å². The fraction of sp³-hybridized carbons (Fsp3) is 0.742. The van der Waals surface area contributed by atoms with E-state index in [4.69, 9.17) is 9.84 Å². The zero-order valence-electron chi connectivity index (χ0n) is 23.9. The number of allylic oxidation sites excluding steroid dienone is 3. The van der Waals surface area contributed by atoms with Crippen molar-refractivity contribution in [3.63, 3.8) is 0 Å². The molecule has 0 heterocycles. The van der Waals surface area contributed by atoms with Crippen molar-refractivity contribution < 1.29 is 39.9 Å². The van der Waals surface area contributed by atoms with Gasteiger partial charge in [0.1, 0.15) is 6.61 Å². The molecule has 0 aromatic carbocycles. The fourth-order valence-electron chi connectivity index (χ4n) is 7.29. The lowest BCUT2D eigenvalue weighted by Gasteiger charge is -2.46. The lowest BCUT2D eigenvalue weighted by molar-refractivity contribution is -0.156. The largest absolute Gasteiger partial charge is 0.481 e. The van der Waals surface area contributed by atoms with Crippen molar-refractivity contribution in [3.8, 4) is 0 Å². The summed E-state index contributed by atoms with van der Waals surface area (Å²) in [4.78, 5) is 24.1. The minimum atomic E-state index is -1.39. The number of fused-ring (bicyclic) bond motifs is 1. The molecular formula is C31H48O8. The molecule has 39 heavy (non-hydrogen) atoms. The highest BCUT2D eigenvalue weighted by molar-refractivity contribution is 5.73. The zero-order valence-corrected chi connectivity index (χ0v) is 23.9. The minimum Gasteiger partial charge on any atom is -0.481 e. The molecule has 8 nitrogen and oxygen atoms in total. The van der Waals surface area contributed by atoms with Gasteiger partial charge in [0.25, 0.3) is 0 Å². The first kappa shape index (κ1) is 31.5. The second kappa shape index (κ2) is 12.7. The molecule has 0 amide bonds. The van der Waals surface area contributed by atoms with E-state index in [1.165, 1.54) is 19.4 Å². The van der Waals surface area contributed by atoms with Gasteiger partial charge in [-0.3, -0.25) is 9.59 Å². The summed E-state index contributed by atoms with van der Waals surface area (Å²) in [6, 6.07) is 0. The second-order valence-electron chi connectivity index (χ2n) is 12.8. The Morgan fingerprint density at radius 1 is 1.23 bits per heavy atom. The van der Waals surface area contributed by atoms with Gasteiger partial charge < -0.3 is 30.3 Å². The summed E-state index contributed by atoms with van der Waals surface area (Å²) in [7, 11) is 0. The Bertz CT molecular complexity index is 976. The molecule has 3 saturated carbocycles. The number of aliphatic carboxylic acids is 1. The number of rotatable bonds is 10. The SMILES string of the molecule is C=C1/C(=C\C=C2/CCC[C@]3(C)[C@@H]([C@H](C)C(CC(O)C(C)(C)O)C(=O)OCCC(=O)O)CC[C@@H]23)C[C@@H](O)C[C@@H]1O. The summed E-state index contributed by atoms with van der Waals surface area (Å²) >= 11 is 0. The van der Waals surface area contributed by atoms with Gasteiger partial charge in [0.05, 0.1) is 36.3 Å². The average molecular weight is 549 g/mol. The van der Waals surface area contributed by atoms with Crippen LogP contribution in [-0.2, 0) is 14.3 Å². The number of hydrogen-bond donors (Lipinski definition) is 5. The predicted octanol–water partition coefficient (Wildman–Crippen LogP) is 3.92. The Labute approximate surface area is 232 Å². The molecular weight excluding hydrogens is 500 g/mol. The van der Waals surface area contributed by atoms with Crippen LogP contribution in [-0.4, -0.2) is 68.0 Å². The molecule has 0 saturated heterocycles. The summed E-state index contributed by atoms with van der Waals surface area (Å²) < 4.78 is 5.35. The second-order valence-corrected chi connectivity index (χ2v) is 12.8. The Balaban J connectivity index is 1.83. The van der Waals surface area contributed by atoms with Crippen LogP contribution in [0.1, 0.15) is 85.5 Å². The highest BCUT2D eigenvalue weighted by atomic mass is 16.5. The maximum Gasteiger partial charge on any atom is 0.309 e. The molecule has 0 aromatic heterocycles. The number of carbonyl (C=O) groups excluding carboxylic acids is 1. The molecule has 8 heteroatoms. The summed E-state index contributed by atoms with van der Waals surface area (Å²) in [6.07, 6.45) is 7.16. The monoisotopic (exact) mass is 548 g/mol. The van der Waals surface area contributed by atoms with Gasteiger partial charge in [-0.05, 0) is 93.1 Å². The normalized spacial score (nSPS) is 34.0. The smallest absolute Gasteiger partial charge is 0.309 e. The third kappa shape index (κ3) is 7.40. The molecule has 3 rings (SSSR count). The van der Waals surface area contributed by atoms with Crippen molar-refractivity contribution in [1.82, 2.24) is 0 Å². The number of ether oxygens (including phenoxy) is 1. The lowest BCUT2D eigenvalue weighted by Crippen LogP contribution is -2.44. The first-order valence-electron chi connectivity index (χ1n) is 14.4. The van der Waals surface area contributed by atoms with Gasteiger partial charge in [0.2, 0.25) is 0 Å². The van der Waals surface area contributed by atoms with E-state index in [1.54, 1.807) is 0 Å². The van der Waals surface area contributed by atoms with Gasteiger partial charge in [-0.2, -0.15) is 0 Å². The van der Waals surface area contributed by atoms with Gasteiger partial charge in [-0.15, -0.1) is 0 Å². The number of hydrogen-bond acceptors (Lipinski definition) is 7. The molecule has 220 valence electrons. The van der Waals surface area contributed by atoms with E-state index in [0.717, 1.165) is 37.7 Å². The topological polar surface area (TPSA) is 145 Å². The van der Waals surface area contributed by atoms with E-state index >= 15 is 0 Å². The predicted molar refractivity (Wildman–Crippen MR) is 148 cm³/mol. The van der Waals surface area contributed by atoms with Crippen molar-refractivity contribution in [1.29, 1.82) is 0 Å². The molecule has 2 unspecified atom stereocenters. The average Bonchev–Trinajstić information content (AvgIpc) is 3.19. The van der Waals surface area contributed by atoms with Crippen molar-refractivity contribution in [2.24, 2.45) is 29.1 Å². The Hall–Kier alpha value is -2.00. The molecule has 0 bridgehead atoms. The standard InChI is InChI=1S/C31H48O8/c1-18-21(15-22(32)16-26(18)33)9-8-20-7-6-13-31(5)24(10-11-25(20)31)19(2)23(17-27(34)30(3,4)38)29(37)39-14-12-28(35)36/h8-9,19,22-27,32-34,38H,1,6-7,10-17H2,2-5H3,(H,35,36)/b20-8+,21-9-/t19-,22-,23?,24-,25+,26+,27?,31-/m1/s1. The van der Waals surface area contributed by atoms with Crippen LogP contribution in [0, 0.1) is 29.1 Å². The van der Waals surface area contributed by atoms with Gasteiger partial charge in [-0.25, -0.2) is 0 Å². The molecule has 0 aliphatic heterocycles. The summed E-state index contributed by atoms with van der Waals surface area (Å²) in [5, 5.41) is 50.3. The summed E-state index contributed by atoms with van der Waals surface area (Å²) in [5.74, 6) is -1.89. The van der Waals surface area contributed by atoms with Crippen molar-refractivity contribution in [2.45, 2.75) is 109 Å². The fourth-order valence-corrected chi connectivity index (χ4v) is 7.29. The van der Waals surface area contributed by atoms with Crippen LogP contribution in [0.3, 0.4) is 0 Å². The van der Waals surface area contributed by atoms with Crippen molar-refractivity contribution in [3.05, 3.63) is 35.5 Å². The molecule has 3 aliphatic carbocycles. The van der Waals surface area contributed by atoms with E-state index in [1.807, 2.05) is 13.0 Å². The van der Waals surface area contributed by atoms with E-state index in [2.05, 4.69) is 19.6 Å².